The average Bonchev–Trinajstić information content (AvgIpc) is 3.05. The lowest BCUT2D eigenvalue weighted by Crippen LogP contribution is -2.42. The van der Waals surface area contributed by atoms with Crippen LogP contribution in [0.15, 0.2) is 4.52 Å². The van der Waals surface area contributed by atoms with Crippen molar-refractivity contribution in [3.63, 3.8) is 0 Å². The molecule has 2 fully saturated rings. The molecule has 0 amide bonds. The molecule has 0 aliphatic carbocycles. The van der Waals surface area contributed by atoms with Crippen molar-refractivity contribution in [2.24, 2.45) is 0 Å². The summed E-state index contributed by atoms with van der Waals surface area (Å²) in [6.45, 7) is 2.62. The molecule has 104 valence electrons. The van der Waals surface area contributed by atoms with Gasteiger partial charge in [0.15, 0.2) is 0 Å². The fraction of sp³-hybridized carbons (Fsp3) is 0.750. The standard InChI is InChI=1S/C12H17N3O4/c1-17-11(16)5-10-13-12(14-19-10)9-6-15-4-2-3-8(15)7-18-9/h8-9H,2-7H2,1H3. The Balaban J connectivity index is 1.64. The zero-order valence-corrected chi connectivity index (χ0v) is 10.9. The molecule has 3 rings (SSSR count). The molecule has 2 saturated heterocycles. The van der Waals surface area contributed by atoms with E-state index in [2.05, 4.69) is 19.8 Å². The summed E-state index contributed by atoms with van der Waals surface area (Å²) in [5.74, 6) is 0.401. The number of methoxy groups -OCH3 is 1. The second-order valence-corrected chi connectivity index (χ2v) is 4.91. The molecule has 1 aromatic rings. The predicted octanol–water partition coefficient (Wildman–Crippen LogP) is 0.321. The fourth-order valence-electron chi connectivity index (χ4n) is 2.64. The van der Waals surface area contributed by atoms with Gasteiger partial charge in [-0.25, -0.2) is 0 Å². The minimum Gasteiger partial charge on any atom is -0.469 e. The Morgan fingerprint density at radius 3 is 3.32 bits per heavy atom. The van der Waals surface area contributed by atoms with Crippen molar-refractivity contribution in [2.45, 2.75) is 31.4 Å². The van der Waals surface area contributed by atoms with Crippen molar-refractivity contribution in [3.8, 4) is 0 Å². The zero-order valence-electron chi connectivity index (χ0n) is 10.9. The summed E-state index contributed by atoms with van der Waals surface area (Å²) in [6, 6.07) is 0.540. The van der Waals surface area contributed by atoms with Gasteiger partial charge in [-0.1, -0.05) is 5.16 Å². The van der Waals surface area contributed by atoms with Gasteiger partial charge in [0.25, 0.3) is 0 Å². The van der Waals surface area contributed by atoms with E-state index in [-0.39, 0.29) is 24.4 Å². The number of ether oxygens (including phenoxy) is 2. The van der Waals surface area contributed by atoms with Crippen LogP contribution in [0.25, 0.3) is 0 Å². The predicted molar refractivity (Wildman–Crippen MR) is 63.3 cm³/mol. The van der Waals surface area contributed by atoms with E-state index in [1.54, 1.807) is 0 Å². The Morgan fingerprint density at radius 1 is 1.58 bits per heavy atom. The molecule has 2 atom stereocenters. The highest BCUT2D eigenvalue weighted by Gasteiger charge is 2.34. The first-order valence-electron chi connectivity index (χ1n) is 6.51. The summed E-state index contributed by atoms with van der Waals surface area (Å²) in [6.07, 6.45) is 2.26. The Hall–Kier alpha value is -1.47. The van der Waals surface area contributed by atoms with Crippen molar-refractivity contribution in [3.05, 3.63) is 11.7 Å². The number of carbonyl (C=O) groups is 1. The van der Waals surface area contributed by atoms with Crippen molar-refractivity contribution >= 4 is 5.97 Å². The summed E-state index contributed by atoms with van der Waals surface area (Å²) in [4.78, 5) is 17.7. The van der Waals surface area contributed by atoms with Crippen LogP contribution < -0.4 is 0 Å². The summed E-state index contributed by atoms with van der Waals surface area (Å²) in [5, 5.41) is 3.90. The van der Waals surface area contributed by atoms with Gasteiger partial charge in [0.2, 0.25) is 11.7 Å². The van der Waals surface area contributed by atoms with Gasteiger partial charge < -0.3 is 14.0 Å². The number of aromatic nitrogens is 2. The van der Waals surface area contributed by atoms with Crippen LogP contribution in [-0.2, 0) is 20.7 Å². The smallest absolute Gasteiger partial charge is 0.315 e. The first kappa shape index (κ1) is 12.6. The number of rotatable bonds is 3. The van der Waals surface area contributed by atoms with Crippen LogP contribution in [0, 0.1) is 0 Å². The van der Waals surface area contributed by atoms with Gasteiger partial charge in [-0.2, -0.15) is 4.98 Å². The molecular weight excluding hydrogens is 250 g/mol. The van der Waals surface area contributed by atoms with E-state index in [0.29, 0.717) is 18.5 Å². The maximum Gasteiger partial charge on any atom is 0.315 e. The van der Waals surface area contributed by atoms with Crippen LogP contribution in [-0.4, -0.2) is 53.9 Å². The second-order valence-electron chi connectivity index (χ2n) is 4.91. The minimum atomic E-state index is -0.389. The van der Waals surface area contributed by atoms with E-state index in [4.69, 9.17) is 9.26 Å². The normalized spacial score (nSPS) is 27.2. The van der Waals surface area contributed by atoms with Gasteiger partial charge >= 0.3 is 5.97 Å². The molecule has 0 saturated carbocycles. The third-order valence-electron chi connectivity index (χ3n) is 3.68. The van der Waals surface area contributed by atoms with Gasteiger partial charge in [0.1, 0.15) is 12.5 Å². The van der Waals surface area contributed by atoms with Gasteiger partial charge in [0, 0.05) is 12.6 Å². The first-order valence-corrected chi connectivity index (χ1v) is 6.51. The molecule has 7 nitrogen and oxygen atoms in total. The minimum absolute atomic E-state index is 0.00254. The van der Waals surface area contributed by atoms with Crippen molar-refractivity contribution in [2.75, 3.05) is 26.8 Å². The first-order chi connectivity index (χ1) is 9.26. The summed E-state index contributed by atoms with van der Waals surface area (Å²) >= 11 is 0. The van der Waals surface area contributed by atoms with Crippen molar-refractivity contribution in [1.29, 1.82) is 0 Å². The molecule has 2 aliphatic heterocycles. The Labute approximate surface area is 110 Å². The quantitative estimate of drug-likeness (QED) is 0.730. The molecule has 0 radical (unpaired) electrons. The molecule has 2 unspecified atom stereocenters. The largest absolute Gasteiger partial charge is 0.469 e. The van der Waals surface area contributed by atoms with Crippen LogP contribution in [0.3, 0.4) is 0 Å². The number of hydrogen-bond donors (Lipinski definition) is 0. The lowest BCUT2D eigenvalue weighted by molar-refractivity contribution is -0.140. The molecule has 2 aliphatic rings. The van der Waals surface area contributed by atoms with Crippen LogP contribution in [0.4, 0.5) is 0 Å². The summed E-state index contributed by atoms with van der Waals surface area (Å²) in [5.41, 5.74) is 0. The number of carbonyl (C=O) groups excluding carboxylic acids is 1. The Bertz CT molecular complexity index is 462. The molecule has 0 N–H and O–H groups in total. The summed E-state index contributed by atoms with van der Waals surface area (Å²) in [7, 11) is 1.33. The van der Waals surface area contributed by atoms with Crippen LogP contribution in [0.2, 0.25) is 0 Å². The SMILES string of the molecule is COC(=O)Cc1nc(C2CN3CCCC3CO2)no1. The maximum atomic E-state index is 11.1. The highest BCUT2D eigenvalue weighted by Crippen LogP contribution is 2.28. The van der Waals surface area contributed by atoms with E-state index in [1.165, 1.54) is 20.0 Å². The van der Waals surface area contributed by atoms with Crippen LogP contribution in [0.5, 0.6) is 0 Å². The van der Waals surface area contributed by atoms with Gasteiger partial charge in [0.05, 0.1) is 13.7 Å². The highest BCUT2D eigenvalue weighted by molar-refractivity contribution is 5.71. The molecule has 0 aromatic carbocycles. The zero-order chi connectivity index (χ0) is 13.2. The monoisotopic (exact) mass is 267 g/mol. The van der Waals surface area contributed by atoms with E-state index in [1.807, 2.05) is 0 Å². The number of fused-ring (bicyclic) bond motifs is 1. The molecule has 1 aromatic heterocycles. The van der Waals surface area contributed by atoms with Crippen molar-refractivity contribution < 1.29 is 18.8 Å². The summed E-state index contributed by atoms with van der Waals surface area (Å²) < 4.78 is 15.4. The van der Waals surface area contributed by atoms with E-state index < -0.39 is 0 Å². The van der Waals surface area contributed by atoms with Gasteiger partial charge in [-0.05, 0) is 19.4 Å². The molecule has 0 bridgehead atoms. The lowest BCUT2D eigenvalue weighted by atomic mass is 10.2. The molecular formula is C12H17N3O4. The molecule has 19 heavy (non-hydrogen) atoms. The third-order valence-corrected chi connectivity index (χ3v) is 3.68. The maximum absolute atomic E-state index is 11.1. The van der Waals surface area contributed by atoms with E-state index >= 15 is 0 Å². The van der Waals surface area contributed by atoms with Gasteiger partial charge in [-0.15, -0.1) is 0 Å². The molecule has 7 heteroatoms. The second kappa shape index (κ2) is 5.26. The number of esters is 1. The average molecular weight is 267 g/mol. The molecule has 3 heterocycles. The number of hydrogen-bond acceptors (Lipinski definition) is 7. The topological polar surface area (TPSA) is 77.7 Å². The van der Waals surface area contributed by atoms with Gasteiger partial charge in [-0.3, -0.25) is 9.69 Å². The number of nitrogens with zero attached hydrogens (tertiary/aromatic N) is 3. The fourth-order valence-corrected chi connectivity index (χ4v) is 2.64. The molecule has 0 spiro atoms. The van der Waals surface area contributed by atoms with Crippen LogP contribution >= 0.6 is 0 Å². The van der Waals surface area contributed by atoms with Crippen molar-refractivity contribution in [1.82, 2.24) is 15.0 Å². The van der Waals surface area contributed by atoms with Crippen LogP contribution in [0.1, 0.15) is 30.7 Å². The Morgan fingerprint density at radius 2 is 2.47 bits per heavy atom. The third kappa shape index (κ3) is 2.62. The van der Waals surface area contributed by atoms with E-state index in [0.717, 1.165) is 13.1 Å². The van der Waals surface area contributed by atoms with E-state index in [9.17, 15) is 4.79 Å². The number of morpholine rings is 1. The highest BCUT2D eigenvalue weighted by atomic mass is 16.5. The lowest BCUT2D eigenvalue weighted by Gasteiger charge is -2.33. The Kier molecular flexibility index (Phi) is 3.48.